The van der Waals surface area contributed by atoms with E-state index < -0.39 is 6.10 Å². The number of piperidine rings is 3. The largest absolute Gasteiger partial charge is 0.506 e. The number of quaternary nitrogens is 1. The summed E-state index contributed by atoms with van der Waals surface area (Å²) in [4.78, 5) is 41.2. The number of Topliss-reactive ketones (excluding diaryl/α,β-unsaturated/α-hetero) is 1. The number of H-pyrrole nitrogens is 1. The molecule has 4 aliphatic rings. The van der Waals surface area contributed by atoms with Crippen molar-refractivity contribution >= 4 is 22.8 Å². The van der Waals surface area contributed by atoms with E-state index in [9.17, 15) is 24.6 Å². The third-order valence-electron chi connectivity index (χ3n) is 13.4. The number of aliphatic hydroxyl groups is 1. The zero-order chi connectivity index (χ0) is 41.7. The van der Waals surface area contributed by atoms with Crippen molar-refractivity contribution in [3.8, 4) is 11.5 Å². The molecular formula is C49H65N4O7+. The molecule has 3 aliphatic heterocycles. The number of ether oxygens (including phenoxy) is 2. The number of phenols is 1. The minimum Gasteiger partial charge on any atom is -0.506 e. The molecule has 60 heavy (non-hydrogen) atoms. The van der Waals surface area contributed by atoms with Crippen LogP contribution in [0.25, 0.3) is 10.9 Å². The van der Waals surface area contributed by atoms with Crippen molar-refractivity contribution in [2.24, 2.45) is 11.8 Å². The SMILES string of the molecule is O=C(NC(c1cccc(OCCCCCCCCCNC[C@H](O)c2ccc(O)c3[nH]c(=O)ccc23)c1)C1CCCCC1)O[C@H]1C[N+]2(CC(=O)c3ccccc3)CCC1CC2. The van der Waals surface area contributed by atoms with E-state index in [0.717, 1.165) is 101 Å². The number of nitrogens with zero attached hydrogens (tertiary/aromatic N) is 1. The average molecular weight is 822 g/mol. The molecular weight excluding hydrogens is 757 g/mol. The van der Waals surface area contributed by atoms with Crippen molar-refractivity contribution in [3.63, 3.8) is 0 Å². The molecule has 3 aromatic carbocycles. The van der Waals surface area contributed by atoms with Crippen LogP contribution in [-0.4, -0.2) is 83.5 Å². The predicted octanol–water partition coefficient (Wildman–Crippen LogP) is 8.51. The highest BCUT2D eigenvalue weighted by molar-refractivity contribution is 5.97. The van der Waals surface area contributed by atoms with Gasteiger partial charge in [-0.05, 0) is 73.5 Å². The van der Waals surface area contributed by atoms with Gasteiger partial charge in [-0.2, -0.15) is 0 Å². The van der Waals surface area contributed by atoms with E-state index in [1.807, 2.05) is 42.5 Å². The number of aromatic nitrogens is 1. The summed E-state index contributed by atoms with van der Waals surface area (Å²) in [6, 6.07) is 23.9. The van der Waals surface area contributed by atoms with Gasteiger partial charge in [0.2, 0.25) is 11.3 Å². The molecule has 1 aliphatic carbocycles. The third kappa shape index (κ3) is 11.6. The summed E-state index contributed by atoms with van der Waals surface area (Å²) in [6.45, 7) is 4.95. The molecule has 4 heterocycles. The topological polar surface area (TPSA) is 150 Å². The maximum Gasteiger partial charge on any atom is 0.408 e. The quantitative estimate of drug-likeness (QED) is 0.0319. The minimum absolute atomic E-state index is 0.0105. The predicted molar refractivity (Wildman–Crippen MR) is 234 cm³/mol. The van der Waals surface area contributed by atoms with E-state index in [1.165, 1.54) is 37.8 Å². The van der Waals surface area contributed by atoms with Crippen LogP contribution in [0.3, 0.4) is 0 Å². The molecule has 0 spiro atoms. The first kappa shape index (κ1) is 43.4. The molecule has 3 saturated heterocycles. The molecule has 1 saturated carbocycles. The van der Waals surface area contributed by atoms with Crippen molar-refractivity contribution in [1.82, 2.24) is 15.6 Å². The number of phenolic OH excluding ortho intramolecular Hbond substituents is 1. The second-order valence-electron chi connectivity index (χ2n) is 17.6. The van der Waals surface area contributed by atoms with Crippen LogP contribution in [0, 0.1) is 11.8 Å². The van der Waals surface area contributed by atoms with Crippen LogP contribution in [0.1, 0.15) is 124 Å². The summed E-state index contributed by atoms with van der Waals surface area (Å²) in [6.07, 6.45) is 14.1. The number of aliphatic hydroxyl groups excluding tert-OH is 1. The van der Waals surface area contributed by atoms with E-state index in [1.54, 1.807) is 12.1 Å². The number of rotatable bonds is 21. The Morgan fingerprint density at radius 2 is 1.58 bits per heavy atom. The summed E-state index contributed by atoms with van der Waals surface area (Å²) >= 11 is 0. The van der Waals surface area contributed by atoms with E-state index in [0.29, 0.717) is 59.0 Å². The summed E-state index contributed by atoms with van der Waals surface area (Å²) < 4.78 is 13.2. The lowest BCUT2D eigenvalue weighted by Gasteiger charge is -2.51. The van der Waals surface area contributed by atoms with Gasteiger partial charge >= 0.3 is 6.09 Å². The molecule has 2 bridgehead atoms. The van der Waals surface area contributed by atoms with Gasteiger partial charge in [0, 0.05) is 42.3 Å². The number of fused-ring (bicyclic) bond motifs is 4. The van der Waals surface area contributed by atoms with Crippen LogP contribution in [0.2, 0.25) is 0 Å². The average Bonchev–Trinajstić information content (AvgIpc) is 3.27. The molecule has 3 atom stereocenters. The fourth-order valence-electron chi connectivity index (χ4n) is 9.96. The second-order valence-corrected chi connectivity index (χ2v) is 17.6. The molecule has 1 aromatic heterocycles. The number of aromatic hydroxyl groups is 1. The molecule has 1 unspecified atom stereocenters. The van der Waals surface area contributed by atoms with Crippen LogP contribution >= 0.6 is 0 Å². The van der Waals surface area contributed by atoms with Crippen LogP contribution in [-0.2, 0) is 4.74 Å². The van der Waals surface area contributed by atoms with Gasteiger partial charge in [0.1, 0.15) is 24.6 Å². The Labute approximate surface area is 354 Å². The Hall–Kier alpha value is -4.71. The van der Waals surface area contributed by atoms with Crippen LogP contribution < -0.4 is 20.9 Å². The standard InChI is InChI=1S/C49H64N4O7/c54-42-23-21-40(41-22-24-46(57)51-48(41)42)43(55)32-50-27-12-4-2-1-3-5-13-30-59-39-20-14-19-38(31-39)47(37-17-10-7-11-18-37)52-49(58)60-45-34-53(28-25-36(45)26-29-53)33-44(56)35-15-8-6-9-16-35/h6,8-9,14-16,19-24,31,36-37,43,45,47,50,55H,1-5,7,10-13,17-18,25-30,32-34H2,(H2-,51,52,54,57,58)/p+1/t36?,43-,45-,47?,53?/m0/s1. The molecule has 322 valence electrons. The number of ketones is 1. The number of amides is 1. The Morgan fingerprint density at radius 1 is 0.833 bits per heavy atom. The van der Waals surface area contributed by atoms with Gasteiger partial charge in [-0.25, -0.2) is 4.79 Å². The van der Waals surface area contributed by atoms with Crippen molar-refractivity contribution in [1.29, 1.82) is 0 Å². The molecule has 4 fully saturated rings. The number of alkyl carbamates (subject to hydrolysis) is 1. The maximum atomic E-state index is 13.7. The fourth-order valence-corrected chi connectivity index (χ4v) is 9.96. The number of nitrogens with one attached hydrogen (secondary N) is 3. The van der Waals surface area contributed by atoms with Crippen LogP contribution in [0.5, 0.6) is 11.5 Å². The lowest BCUT2D eigenvalue weighted by atomic mass is 9.81. The number of hydrogen-bond acceptors (Lipinski definition) is 8. The van der Waals surface area contributed by atoms with E-state index >= 15 is 0 Å². The summed E-state index contributed by atoms with van der Waals surface area (Å²) in [5.74, 6) is 1.68. The first-order valence-corrected chi connectivity index (χ1v) is 22.6. The molecule has 1 amide bonds. The highest BCUT2D eigenvalue weighted by Gasteiger charge is 2.48. The van der Waals surface area contributed by atoms with Gasteiger partial charge in [-0.15, -0.1) is 0 Å². The molecule has 11 heteroatoms. The Balaban J connectivity index is 0.804. The Bertz CT molecular complexity index is 2060. The smallest absolute Gasteiger partial charge is 0.408 e. The Morgan fingerprint density at radius 3 is 2.37 bits per heavy atom. The first-order chi connectivity index (χ1) is 29.3. The lowest BCUT2D eigenvalue weighted by Crippen LogP contribution is -2.66. The van der Waals surface area contributed by atoms with Gasteiger partial charge in [0.05, 0.1) is 37.4 Å². The Kier molecular flexibility index (Phi) is 15.3. The number of hydrogen-bond donors (Lipinski definition) is 5. The van der Waals surface area contributed by atoms with Crippen LogP contribution in [0.15, 0.2) is 83.7 Å². The second kappa shape index (κ2) is 21.2. The highest BCUT2D eigenvalue weighted by Crippen LogP contribution is 2.38. The molecule has 4 aromatic rings. The summed E-state index contributed by atoms with van der Waals surface area (Å²) in [5, 5.41) is 28.2. The van der Waals surface area contributed by atoms with Gasteiger partial charge in [-0.1, -0.05) is 99.9 Å². The zero-order valence-corrected chi connectivity index (χ0v) is 35.1. The minimum atomic E-state index is -0.747. The van der Waals surface area contributed by atoms with Crippen molar-refractivity contribution < 1.29 is 33.8 Å². The molecule has 8 rings (SSSR count). The normalized spacial score (nSPS) is 21.4. The van der Waals surface area contributed by atoms with Crippen molar-refractivity contribution in [3.05, 3.63) is 106 Å². The van der Waals surface area contributed by atoms with E-state index in [-0.39, 0.29) is 35.3 Å². The lowest BCUT2D eigenvalue weighted by molar-refractivity contribution is -0.938. The van der Waals surface area contributed by atoms with Gasteiger partial charge in [0.25, 0.3) is 0 Å². The van der Waals surface area contributed by atoms with Gasteiger partial charge in [0.15, 0.2) is 6.10 Å². The van der Waals surface area contributed by atoms with E-state index in [4.69, 9.17) is 9.47 Å². The highest BCUT2D eigenvalue weighted by atomic mass is 16.6. The zero-order valence-electron chi connectivity index (χ0n) is 35.1. The third-order valence-corrected chi connectivity index (χ3v) is 13.4. The first-order valence-electron chi connectivity index (χ1n) is 22.6. The van der Waals surface area contributed by atoms with Crippen LogP contribution in [0.4, 0.5) is 4.79 Å². The molecule has 11 nitrogen and oxygen atoms in total. The van der Waals surface area contributed by atoms with Gasteiger partial charge < -0.3 is 39.8 Å². The van der Waals surface area contributed by atoms with Crippen molar-refractivity contribution in [2.45, 2.75) is 108 Å². The number of pyridine rings is 1. The number of unbranched alkanes of at least 4 members (excludes halogenated alkanes) is 6. The number of carbonyl (C=O) groups excluding carboxylic acids is 2. The monoisotopic (exact) mass is 821 g/mol. The van der Waals surface area contributed by atoms with E-state index in [2.05, 4.69) is 27.8 Å². The molecule has 5 N–H and O–H groups in total. The van der Waals surface area contributed by atoms with Crippen molar-refractivity contribution in [2.75, 3.05) is 45.9 Å². The maximum absolute atomic E-state index is 13.7. The molecule has 0 radical (unpaired) electrons. The fraction of sp³-hybridized carbons (Fsp3) is 0.531. The number of carbonyl (C=O) groups is 2. The number of benzene rings is 3. The number of aromatic amines is 1. The van der Waals surface area contributed by atoms with Gasteiger partial charge in [-0.3, -0.25) is 9.59 Å². The summed E-state index contributed by atoms with van der Waals surface area (Å²) in [5.41, 5.74) is 2.54. The summed E-state index contributed by atoms with van der Waals surface area (Å²) in [7, 11) is 0.